The second-order valence-corrected chi connectivity index (χ2v) is 8.93. The number of hydrogen-bond donors (Lipinski definition) is 3. The third kappa shape index (κ3) is 7.34. The van der Waals surface area contributed by atoms with Crippen LogP contribution in [0, 0.1) is 0 Å². The Hall–Kier alpha value is -3.29. The number of ether oxygens (including phenoxy) is 2. The second-order valence-electron chi connectivity index (χ2n) is 7.22. The lowest BCUT2D eigenvalue weighted by atomic mass is 10.2. The molecule has 0 saturated carbocycles. The van der Waals surface area contributed by atoms with Crippen LogP contribution >= 0.6 is 22.9 Å². The lowest BCUT2D eigenvalue weighted by Crippen LogP contribution is -2.50. The number of hydrogen-bond acceptors (Lipinski definition) is 7. The van der Waals surface area contributed by atoms with Crippen molar-refractivity contribution in [2.24, 2.45) is 0 Å². The first kappa shape index (κ1) is 26.3. The number of nitrogens with zero attached hydrogens (tertiary/aromatic N) is 1. The van der Waals surface area contributed by atoms with E-state index in [0.717, 1.165) is 17.4 Å². The van der Waals surface area contributed by atoms with Crippen LogP contribution in [-0.4, -0.2) is 62.6 Å². The molecule has 1 aromatic heterocycles. The minimum atomic E-state index is -3.18. The number of amides is 4. The van der Waals surface area contributed by atoms with Gasteiger partial charge in [-0.15, -0.1) is 11.3 Å². The molecule has 0 bridgehead atoms. The van der Waals surface area contributed by atoms with Crippen LogP contribution in [0.25, 0.3) is 0 Å². The summed E-state index contributed by atoms with van der Waals surface area (Å²) in [7, 11) is 0. The van der Waals surface area contributed by atoms with Crippen molar-refractivity contribution in [1.29, 1.82) is 0 Å². The van der Waals surface area contributed by atoms with Crippen molar-refractivity contribution in [2.45, 2.75) is 19.6 Å². The van der Waals surface area contributed by atoms with Gasteiger partial charge >= 0.3 is 6.61 Å². The normalized spacial score (nSPS) is 14.4. The number of carbonyl (C=O) groups is 4. The van der Waals surface area contributed by atoms with E-state index in [-0.39, 0.29) is 43.4 Å². The monoisotopic (exact) mass is 530 g/mol. The zero-order valence-electron chi connectivity index (χ0n) is 18.3. The highest BCUT2D eigenvalue weighted by molar-refractivity contribution is 7.18. The number of alkyl halides is 2. The molecule has 2 heterocycles. The Morgan fingerprint density at radius 1 is 1.26 bits per heavy atom. The highest BCUT2D eigenvalue weighted by Crippen LogP contribution is 2.33. The molecule has 1 fully saturated rings. The van der Waals surface area contributed by atoms with Gasteiger partial charge in [-0.1, -0.05) is 11.6 Å². The summed E-state index contributed by atoms with van der Waals surface area (Å²) in [5.41, 5.74) is 0.165. The Morgan fingerprint density at radius 3 is 2.66 bits per heavy atom. The Kier molecular flexibility index (Phi) is 8.95. The molecule has 0 spiro atoms. The summed E-state index contributed by atoms with van der Waals surface area (Å²) < 4.78 is 36.1. The molecule has 10 nitrogen and oxygen atoms in total. The number of benzene rings is 1. The molecular weight excluding hydrogens is 510 g/mol. The van der Waals surface area contributed by atoms with Crippen molar-refractivity contribution >= 4 is 57.9 Å². The van der Waals surface area contributed by atoms with Crippen molar-refractivity contribution in [3.63, 3.8) is 0 Å². The fraction of sp³-hybridized carbons (Fsp3) is 0.333. The van der Waals surface area contributed by atoms with Gasteiger partial charge < -0.3 is 30.3 Å². The zero-order valence-corrected chi connectivity index (χ0v) is 19.9. The van der Waals surface area contributed by atoms with Gasteiger partial charge in [0.15, 0.2) is 5.75 Å². The number of nitrogens with one attached hydrogen (secondary N) is 3. The van der Waals surface area contributed by atoms with Crippen LogP contribution in [-0.2, 0) is 19.1 Å². The molecule has 188 valence electrons. The molecule has 3 N–H and O–H groups in total. The third-order valence-corrected chi connectivity index (χ3v) is 5.91. The number of anilines is 2. The smallest absolute Gasteiger partial charge is 0.387 e. The average molecular weight is 531 g/mol. The first-order chi connectivity index (χ1) is 16.6. The summed E-state index contributed by atoms with van der Waals surface area (Å²) in [6.07, 6.45) is 0. The number of morpholine rings is 1. The Balaban J connectivity index is 1.74. The van der Waals surface area contributed by atoms with Crippen LogP contribution in [0.4, 0.5) is 20.2 Å². The van der Waals surface area contributed by atoms with Gasteiger partial charge in [0.25, 0.3) is 11.8 Å². The second kappa shape index (κ2) is 11.9. The molecule has 0 radical (unpaired) electrons. The van der Waals surface area contributed by atoms with Gasteiger partial charge in [0.1, 0.15) is 12.6 Å². The van der Waals surface area contributed by atoms with E-state index in [1.165, 1.54) is 30.0 Å². The summed E-state index contributed by atoms with van der Waals surface area (Å²) in [5, 5.41) is 7.45. The Bertz CT molecular complexity index is 1120. The molecule has 0 unspecified atom stereocenters. The maximum atomic E-state index is 13.0. The van der Waals surface area contributed by atoms with Crippen LogP contribution in [0.1, 0.15) is 16.6 Å². The van der Waals surface area contributed by atoms with E-state index in [1.54, 1.807) is 6.07 Å². The quantitative estimate of drug-likeness (QED) is 0.456. The minimum absolute atomic E-state index is 0.0711. The largest absolute Gasteiger partial charge is 0.433 e. The van der Waals surface area contributed by atoms with Gasteiger partial charge in [-0.2, -0.15) is 8.78 Å². The number of carbonyl (C=O) groups excluding carboxylic acids is 4. The minimum Gasteiger partial charge on any atom is -0.433 e. The fourth-order valence-corrected chi connectivity index (χ4v) is 4.14. The number of halogens is 3. The number of rotatable bonds is 9. The predicted octanol–water partition coefficient (Wildman–Crippen LogP) is 2.24. The SMILES string of the molecule is CC(=O)N[C@@H](CNC(=O)c1ccc(Cl)s1)C(=O)Nc1ccc(N2CCOCC2=O)c(OC(F)F)c1. The average Bonchev–Trinajstić information content (AvgIpc) is 3.23. The van der Waals surface area contributed by atoms with Gasteiger partial charge in [0.05, 0.1) is 21.5 Å². The predicted molar refractivity (Wildman–Crippen MR) is 124 cm³/mol. The standard InChI is InChI=1S/C21H21ClF2N4O6S/c1-11(29)26-13(9-25-20(32)16-4-5-17(22)35-16)19(31)27-12-2-3-14(15(8-12)34-21(23)24)28-6-7-33-10-18(28)30/h2-5,8,13,21H,6-7,9-10H2,1H3,(H,25,32)(H,26,29)(H,27,31)/t13-/m0/s1. The van der Waals surface area contributed by atoms with E-state index in [2.05, 4.69) is 20.7 Å². The van der Waals surface area contributed by atoms with Crippen molar-refractivity contribution in [3.8, 4) is 5.75 Å². The molecule has 4 amide bonds. The van der Waals surface area contributed by atoms with Crippen LogP contribution in [0.5, 0.6) is 5.75 Å². The van der Waals surface area contributed by atoms with Gasteiger partial charge in [-0.3, -0.25) is 19.2 Å². The molecular formula is C21H21ClF2N4O6S. The van der Waals surface area contributed by atoms with E-state index in [0.29, 0.717) is 9.21 Å². The summed E-state index contributed by atoms with van der Waals surface area (Å²) >= 11 is 6.87. The van der Waals surface area contributed by atoms with Crippen LogP contribution in [0.15, 0.2) is 30.3 Å². The molecule has 35 heavy (non-hydrogen) atoms. The van der Waals surface area contributed by atoms with E-state index < -0.39 is 36.3 Å². The van der Waals surface area contributed by atoms with Crippen molar-refractivity contribution in [2.75, 3.05) is 36.5 Å². The summed E-state index contributed by atoms with van der Waals surface area (Å²) in [6.45, 7) is -2.06. The van der Waals surface area contributed by atoms with E-state index in [1.807, 2.05) is 0 Å². The van der Waals surface area contributed by atoms with E-state index in [4.69, 9.17) is 16.3 Å². The Labute approximate surface area is 207 Å². The van der Waals surface area contributed by atoms with Crippen LogP contribution < -0.4 is 25.6 Å². The zero-order chi connectivity index (χ0) is 25.5. The highest BCUT2D eigenvalue weighted by Gasteiger charge is 2.26. The highest BCUT2D eigenvalue weighted by atomic mass is 35.5. The van der Waals surface area contributed by atoms with Crippen molar-refractivity contribution in [1.82, 2.24) is 10.6 Å². The molecule has 14 heteroatoms. The summed E-state index contributed by atoms with van der Waals surface area (Å²) in [4.78, 5) is 50.3. The molecule has 1 aromatic carbocycles. The first-order valence-electron chi connectivity index (χ1n) is 10.2. The topological polar surface area (TPSA) is 126 Å². The molecule has 0 aliphatic carbocycles. The summed E-state index contributed by atoms with van der Waals surface area (Å²) in [6, 6.07) is 5.77. The van der Waals surface area contributed by atoms with Gasteiger partial charge in [0, 0.05) is 31.8 Å². The molecule has 1 aliphatic rings. The van der Waals surface area contributed by atoms with Crippen molar-refractivity contribution in [3.05, 3.63) is 39.5 Å². The molecule has 1 atom stereocenters. The fourth-order valence-electron chi connectivity index (χ4n) is 3.18. The lowest BCUT2D eigenvalue weighted by molar-refractivity contribution is -0.125. The molecule has 1 saturated heterocycles. The molecule has 3 rings (SSSR count). The number of thiophene rings is 1. The van der Waals surface area contributed by atoms with Crippen LogP contribution in [0.3, 0.4) is 0 Å². The van der Waals surface area contributed by atoms with Crippen LogP contribution in [0.2, 0.25) is 4.34 Å². The Morgan fingerprint density at radius 2 is 2.03 bits per heavy atom. The maximum absolute atomic E-state index is 13.0. The van der Waals surface area contributed by atoms with Gasteiger partial charge in [-0.25, -0.2) is 0 Å². The molecule has 1 aliphatic heterocycles. The lowest BCUT2D eigenvalue weighted by Gasteiger charge is -2.28. The van der Waals surface area contributed by atoms with Gasteiger partial charge in [0.2, 0.25) is 11.8 Å². The van der Waals surface area contributed by atoms with E-state index in [9.17, 15) is 28.0 Å². The first-order valence-corrected chi connectivity index (χ1v) is 11.4. The molecule has 2 aromatic rings. The van der Waals surface area contributed by atoms with E-state index >= 15 is 0 Å². The maximum Gasteiger partial charge on any atom is 0.387 e. The third-order valence-electron chi connectivity index (χ3n) is 4.68. The van der Waals surface area contributed by atoms with Crippen molar-refractivity contribution < 1.29 is 37.4 Å². The van der Waals surface area contributed by atoms with Gasteiger partial charge in [-0.05, 0) is 24.3 Å². The summed E-state index contributed by atoms with van der Waals surface area (Å²) in [5.74, 6) is -2.49.